The van der Waals surface area contributed by atoms with Crippen molar-refractivity contribution in [1.82, 2.24) is 20.1 Å². The van der Waals surface area contributed by atoms with Crippen molar-refractivity contribution < 1.29 is 4.52 Å². The lowest BCUT2D eigenvalue weighted by Gasteiger charge is -2.04. The number of nitrogens with one attached hydrogen (secondary N) is 1. The highest BCUT2D eigenvalue weighted by Crippen LogP contribution is 2.16. The van der Waals surface area contributed by atoms with Crippen molar-refractivity contribution in [2.24, 2.45) is 0 Å². The van der Waals surface area contributed by atoms with Gasteiger partial charge >= 0.3 is 0 Å². The standard InChI is InChI=1S/C14H13N5O/c1-10-7-12(19-20-10)9-17-14-16-6-4-13(18-14)11-3-2-5-15-8-11/h2-8H,9H2,1H3,(H,16,17,18). The van der Waals surface area contributed by atoms with Gasteiger partial charge in [0.05, 0.1) is 12.2 Å². The van der Waals surface area contributed by atoms with Gasteiger partial charge in [0.2, 0.25) is 5.95 Å². The largest absolute Gasteiger partial charge is 0.361 e. The smallest absolute Gasteiger partial charge is 0.223 e. The van der Waals surface area contributed by atoms with Crippen molar-refractivity contribution in [2.75, 3.05) is 5.32 Å². The monoisotopic (exact) mass is 267 g/mol. The van der Waals surface area contributed by atoms with Crippen LogP contribution >= 0.6 is 0 Å². The van der Waals surface area contributed by atoms with Gasteiger partial charge in [0.15, 0.2) is 0 Å². The van der Waals surface area contributed by atoms with E-state index in [1.54, 1.807) is 18.6 Å². The lowest BCUT2D eigenvalue weighted by atomic mass is 10.2. The molecule has 0 fully saturated rings. The maximum Gasteiger partial charge on any atom is 0.223 e. The van der Waals surface area contributed by atoms with E-state index in [0.717, 1.165) is 22.7 Å². The Labute approximate surface area is 115 Å². The fourth-order valence-electron chi connectivity index (χ4n) is 1.79. The van der Waals surface area contributed by atoms with Crippen molar-refractivity contribution in [3.05, 3.63) is 54.3 Å². The molecule has 0 saturated heterocycles. The van der Waals surface area contributed by atoms with E-state index in [1.165, 1.54) is 0 Å². The number of hydrogen-bond donors (Lipinski definition) is 1. The fourth-order valence-corrected chi connectivity index (χ4v) is 1.79. The number of hydrogen-bond acceptors (Lipinski definition) is 6. The molecule has 3 aromatic rings. The third kappa shape index (κ3) is 2.80. The minimum absolute atomic E-state index is 0.522. The number of rotatable bonds is 4. The molecule has 3 rings (SSSR count). The maximum atomic E-state index is 5.01. The summed E-state index contributed by atoms with van der Waals surface area (Å²) in [7, 11) is 0. The second-order valence-corrected chi connectivity index (χ2v) is 4.29. The summed E-state index contributed by atoms with van der Waals surface area (Å²) in [5.41, 5.74) is 2.60. The molecule has 6 heteroatoms. The van der Waals surface area contributed by atoms with Crippen molar-refractivity contribution in [1.29, 1.82) is 0 Å². The minimum Gasteiger partial charge on any atom is -0.361 e. The first-order valence-electron chi connectivity index (χ1n) is 6.21. The van der Waals surface area contributed by atoms with Crippen LogP contribution in [0.2, 0.25) is 0 Å². The first kappa shape index (κ1) is 12.3. The van der Waals surface area contributed by atoms with Gasteiger partial charge < -0.3 is 9.84 Å². The first-order chi connectivity index (χ1) is 9.81. The molecular weight excluding hydrogens is 254 g/mol. The predicted molar refractivity (Wildman–Crippen MR) is 73.8 cm³/mol. The van der Waals surface area contributed by atoms with Gasteiger partial charge in [-0.1, -0.05) is 5.16 Å². The Balaban J connectivity index is 1.75. The van der Waals surface area contributed by atoms with Crippen LogP contribution in [0, 0.1) is 6.92 Å². The molecule has 1 N–H and O–H groups in total. The molecule has 100 valence electrons. The fraction of sp³-hybridized carbons (Fsp3) is 0.143. The van der Waals surface area contributed by atoms with E-state index < -0.39 is 0 Å². The topological polar surface area (TPSA) is 76.7 Å². The second kappa shape index (κ2) is 5.48. The van der Waals surface area contributed by atoms with Crippen LogP contribution in [-0.2, 0) is 6.54 Å². The van der Waals surface area contributed by atoms with E-state index in [9.17, 15) is 0 Å². The number of nitrogens with zero attached hydrogens (tertiary/aromatic N) is 4. The predicted octanol–water partition coefficient (Wildman–Crippen LogP) is 2.45. The van der Waals surface area contributed by atoms with Crippen LogP contribution in [0.1, 0.15) is 11.5 Å². The SMILES string of the molecule is Cc1cc(CNc2nccc(-c3cccnc3)n2)no1. The van der Waals surface area contributed by atoms with Gasteiger partial charge in [0.25, 0.3) is 0 Å². The normalized spacial score (nSPS) is 10.4. The molecular formula is C14H13N5O. The summed E-state index contributed by atoms with van der Waals surface area (Å²) in [5, 5.41) is 7.03. The molecule has 0 spiro atoms. The van der Waals surface area contributed by atoms with E-state index in [2.05, 4.69) is 25.4 Å². The lowest BCUT2D eigenvalue weighted by Crippen LogP contribution is -2.04. The lowest BCUT2D eigenvalue weighted by molar-refractivity contribution is 0.391. The highest BCUT2D eigenvalue weighted by Gasteiger charge is 2.04. The Morgan fingerprint density at radius 2 is 2.20 bits per heavy atom. The Bertz CT molecular complexity index is 696. The van der Waals surface area contributed by atoms with Gasteiger partial charge in [-0.15, -0.1) is 0 Å². The molecule has 0 saturated carbocycles. The van der Waals surface area contributed by atoms with Crippen molar-refractivity contribution >= 4 is 5.95 Å². The van der Waals surface area contributed by atoms with Crippen LogP contribution < -0.4 is 5.32 Å². The quantitative estimate of drug-likeness (QED) is 0.782. The summed E-state index contributed by atoms with van der Waals surface area (Å²) in [6.07, 6.45) is 5.22. The summed E-state index contributed by atoms with van der Waals surface area (Å²) < 4.78 is 5.01. The van der Waals surface area contributed by atoms with Crippen molar-refractivity contribution in [3.63, 3.8) is 0 Å². The Hall–Kier alpha value is -2.76. The average molecular weight is 267 g/mol. The highest BCUT2D eigenvalue weighted by molar-refractivity contribution is 5.58. The Morgan fingerprint density at radius 3 is 2.95 bits per heavy atom. The number of aryl methyl sites for hydroxylation is 1. The van der Waals surface area contributed by atoms with Crippen LogP contribution in [-0.4, -0.2) is 20.1 Å². The van der Waals surface area contributed by atoms with Gasteiger partial charge in [-0.05, 0) is 25.1 Å². The average Bonchev–Trinajstić information content (AvgIpc) is 2.92. The molecule has 0 unspecified atom stereocenters. The third-order valence-electron chi connectivity index (χ3n) is 2.72. The number of pyridine rings is 1. The number of anilines is 1. The van der Waals surface area contributed by atoms with Crippen LogP contribution in [0.15, 0.2) is 47.4 Å². The molecule has 0 atom stereocenters. The molecule has 0 bridgehead atoms. The van der Waals surface area contributed by atoms with Gasteiger partial charge in [0.1, 0.15) is 11.5 Å². The van der Waals surface area contributed by atoms with Crippen LogP contribution in [0.25, 0.3) is 11.3 Å². The first-order valence-corrected chi connectivity index (χ1v) is 6.21. The van der Waals surface area contributed by atoms with Crippen LogP contribution in [0.5, 0.6) is 0 Å². The zero-order chi connectivity index (χ0) is 13.8. The Morgan fingerprint density at radius 1 is 1.25 bits per heavy atom. The van der Waals surface area contributed by atoms with E-state index in [1.807, 2.05) is 31.2 Å². The third-order valence-corrected chi connectivity index (χ3v) is 2.72. The molecule has 3 aromatic heterocycles. The molecule has 0 aliphatic carbocycles. The maximum absolute atomic E-state index is 5.01. The summed E-state index contributed by atoms with van der Waals surface area (Å²) in [6.45, 7) is 2.38. The molecule has 3 heterocycles. The van der Waals surface area contributed by atoms with Crippen molar-refractivity contribution in [2.45, 2.75) is 13.5 Å². The van der Waals surface area contributed by atoms with E-state index in [0.29, 0.717) is 12.5 Å². The zero-order valence-electron chi connectivity index (χ0n) is 10.9. The molecule has 0 amide bonds. The molecule has 6 nitrogen and oxygen atoms in total. The van der Waals surface area contributed by atoms with Crippen LogP contribution in [0.3, 0.4) is 0 Å². The molecule has 0 aliphatic rings. The van der Waals surface area contributed by atoms with Gasteiger partial charge in [-0.2, -0.15) is 0 Å². The van der Waals surface area contributed by atoms with E-state index >= 15 is 0 Å². The Kier molecular flexibility index (Phi) is 3.36. The van der Waals surface area contributed by atoms with Gasteiger partial charge in [-0.25, -0.2) is 9.97 Å². The van der Waals surface area contributed by atoms with E-state index in [4.69, 9.17) is 4.52 Å². The molecule has 20 heavy (non-hydrogen) atoms. The van der Waals surface area contributed by atoms with Crippen molar-refractivity contribution in [3.8, 4) is 11.3 Å². The zero-order valence-corrected chi connectivity index (χ0v) is 10.9. The summed E-state index contributed by atoms with van der Waals surface area (Å²) in [4.78, 5) is 12.7. The highest BCUT2D eigenvalue weighted by atomic mass is 16.5. The second-order valence-electron chi connectivity index (χ2n) is 4.29. The van der Waals surface area contributed by atoms with Crippen LogP contribution in [0.4, 0.5) is 5.95 Å². The van der Waals surface area contributed by atoms with Gasteiger partial charge in [-0.3, -0.25) is 4.98 Å². The summed E-state index contributed by atoms with van der Waals surface area (Å²) in [6, 6.07) is 7.56. The minimum atomic E-state index is 0.522. The van der Waals surface area contributed by atoms with E-state index in [-0.39, 0.29) is 0 Å². The number of aromatic nitrogens is 4. The summed E-state index contributed by atoms with van der Waals surface area (Å²) >= 11 is 0. The molecule has 0 aromatic carbocycles. The summed E-state index contributed by atoms with van der Waals surface area (Å²) in [5.74, 6) is 1.33. The molecule has 0 radical (unpaired) electrons. The molecule has 0 aliphatic heterocycles. The van der Waals surface area contributed by atoms with Gasteiger partial charge in [0, 0.05) is 30.2 Å².